The van der Waals surface area contributed by atoms with E-state index >= 15 is 0 Å². The van der Waals surface area contributed by atoms with Crippen LogP contribution in [0.2, 0.25) is 0 Å². The lowest BCUT2D eigenvalue weighted by atomic mass is 10.1. The zero-order valence-corrected chi connectivity index (χ0v) is 17.8. The minimum atomic E-state index is -0.0892. The molecule has 4 rings (SSSR count). The summed E-state index contributed by atoms with van der Waals surface area (Å²) in [5.41, 5.74) is 4.11. The van der Waals surface area contributed by atoms with Crippen LogP contribution in [0.25, 0.3) is 22.2 Å². The fourth-order valence-corrected chi connectivity index (χ4v) is 3.64. The second-order valence-electron chi connectivity index (χ2n) is 7.65. The second kappa shape index (κ2) is 9.92. The number of pyridine rings is 1. The Morgan fingerprint density at radius 3 is 2.70 bits per heavy atom. The molecule has 1 saturated heterocycles. The first kappa shape index (κ1) is 20.6. The maximum atomic E-state index is 6.07. The normalized spacial score (nSPS) is 17.6. The van der Waals surface area contributed by atoms with Gasteiger partial charge in [-0.25, -0.2) is 4.98 Å². The van der Waals surface area contributed by atoms with Crippen LogP contribution in [0.5, 0.6) is 5.75 Å². The lowest BCUT2D eigenvalue weighted by molar-refractivity contribution is -0.193. The van der Waals surface area contributed by atoms with E-state index in [9.17, 15) is 0 Å². The van der Waals surface area contributed by atoms with Gasteiger partial charge >= 0.3 is 0 Å². The van der Waals surface area contributed by atoms with Crippen molar-refractivity contribution in [3.8, 4) is 17.0 Å². The van der Waals surface area contributed by atoms with Gasteiger partial charge in [-0.2, -0.15) is 0 Å². The van der Waals surface area contributed by atoms with Gasteiger partial charge in [-0.1, -0.05) is 25.1 Å². The minimum absolute atomic E-state index is 0.0323. The van der Waals surface area contributed by atoms with E-state index in [1.807, 2.05) is 25.2 Å². The maximum Gasteiger partial charge on any atom is 0.158 e. The Morgan fingerprint density at radius 1 is 1.10 bits per heavy atom. The maximum absolute atomic E-state index is 6.07. The van der Waals surface area contributed by atoms with Crippen molar-refractivity contribution in [3.05, 3.63) is 54.6 Å². The van der Waals surface area contributed by atoms with Gasteiger partial charge < -0.3 is 19.5 Å². The zero-order valence-electron chi connectivity index (χ0n) is 17.8. The van der Waals surface area contributed by atoms with E-state index < -0.39 is 0 Å². The monoisotopic (exact) mass is 406 g/mol. The molecular weight excluding hydrogens is 376 g/mol. The third-order valence-corrected chi connectivity index (χ3v) is 5.50. The van der Waals surface area contributed by atoms with Gasteiger partial charge in [0.1, 0.15) is 12.4 Å². The summed E-state index contributed by atoms with van der Waals surface area (Å²) in [5, 5.41) is 4.20. The van der Waals surface area contributed by atoms with Crippen LogP contribution in [0.1, 0.15) is 32.6 Å². The molecule has 30 heavy (non-hydrogen) atoms. The molecule has 3 aromatic rings. The van der Waals surface area contributed by atoms with Gasteiger partial charge in [0.2, 0.25) is 0 Å². The molecule has 0 bridgehead atoms. The summed E-state index contributed by atoms with van der Waals surface area (Å²) < 4.78 is 17.8. The molecule has 0 saturated carbocycles. The molecule has 1 aliphatic heterocycles. The van der Waals surface area contributed by atoms with E-state index in [1.165, 1.54) is 6.42 Å². The van der Waals surface area contributed by atoms with Crippen LogP contribution in [0.4, 0.5) is 5.69 Å². The zero-order chi connectivity index (χ0) is 20.8. The van der Waals surface area contributed by atoms with Gasteiger partial charge in [0.25, 0.3) is 0 Å². The van der Waals surface area contributed by atoms with Crippen LogP contribution in [-0.4, -0.2) is 37.6 Å². The van der Waals surface area contributed by atoms with Crippen LogP contribution in [0.3, 0.4) is 0 Å². The highest BCUT2D eigenvalue weighted by atomic mass is 16.7. The third kappa shape index (κ3) is 5.10. The number of hydrogen-bond donors (Lipinski definition) is 1. The summed E-state index contributed by atoms with van der Waals surface area (Å²) in [6.45, 7) is 3.43. The lowest BCUT2D eigenvalue weighted by Gasteiger charge is -2.27. The number of fused-ring (bicyclic) bond motifs is 1. The predicted octanol–water partition coefficient (Wildman–Crippen LogP) is 5.64. The van der Waals surface area contributed by atoms with Crippen LogP contribution in [0.15, 0.2) is 54.6 Å². The van der Waals surface area contributed by atoms with Gasteiger partial charge in [-0.3, -0.25) is 0 Å². The van der Waals surface area contributed by atoms with Crippen LogP contribution in [-0.2, 0) is 9.47 Å². The highest BCUT2D eigenvalue weighted by molar-refractivity contribution is 5.83. The number of benzene rings is 2. The lowest BCUT2D eigenvalue weighted by Crippen LogP contribution is -2.31. The Morgan fingerprint density at radius 2 is 1.97 bits per heavy atom. The standard InChI is InChI=1S/C25H30N2O3/c1-3-21(30-25-6-4-5-15-28-25)17-29-22-12-14-24-19(16-22)9-13-23(27-24)18-7-10-20(26-2)11-8-18/h7-14,16,21,25-26H,3-6,15,17H2,1-2H3/t21-,25?/m1/s1. The van der Waals surface area contributed by atoms with E-state index in [2.05, 4.69) is 48.6 Å². The molecule has 5 heteroatoms. The molecule has 0 aliphatic carbocycles. The summed E-state index contributed by atoms with van der Waals surface area (Å²) in [6.07, 6.45) is 4.10. The summed E-state index contributed by atoms with van der Waals surface area (Å²) in [4.78, 5) is 4.81. The van der Waals surface area contributed by atoms with Crippen LogP contribution < -0.4 is 10.1 Å². The smallest absolute Gasteiger partial charge is 0.158 e. The number of rotatable bonds is 8. The van der Waals surface area contributed by atoms with Gasteiger partial charge in [0.05, 0.1) is 17.3 Å². The number of hydrogen-bond acceptors (Lipinski definition) is 5. The molecule has 0 amide bonds. The molecule has 1 aliphatic rings. The number of nitrogens with zero attached hydrogens (tertiary/aromatic N) is 1. The van der Waals surface area contributed by atoms with Gasteiger partial charge in [0, 0.05) is 30.3 Å². The van der Waals surface area contributed by atoms with Crippen molar-refractivity contribution in [2.24, 2.45) is 0 Å². The van der Waals surface area contributed by atoms with Gasteiger partial charge in [0.15, 0.2) is 6.29 Å². The fourth-order valence-electron chi connectivity index (χ4n) is 3.64. The number of nitrogens with one attached hydrogen (secondary N) is 1. The fraction of sp³-hybridized carbons (Fsp3) is 0.400. The molecule has 2 heterocycles. The Bertz CT molecular complexity index is 952. The SMILES string of the molecule is CC[C@H](COc1ccc2nc(-c3ccc(NC)cc3)ccc2c1)OC1CCCCO1. The van der Waals surface area contributed by atoms with E-state index in [0.29, 0.717) is 6.61 Å². The first-order valence-electron chi connectivity index (χ1n) is 10.8. The molecular formula is C25H30N2O3. The number of anilines is 1. The molecule has 2 aromatic carbocycles. The molecule has 0 spiro atoms. The van der Waals surface area contributed by atoms with E-state index in [-0.39, 0.29) is 12.4 Å². The topological polar surface area (TPSA) is 52.6 Å². The van der Waals surface area contributed by atoms with Crippen molar-refractivity contribution in [2.45, 2.75) is 45.0 Å². The van der Waals surface area contributed by atoms with Crippen molar-refractivity contribution >= 4 is 16.6 Å². The number of ether oxygens (including phenoxy) is 3. The van der Waals surface area contributed by atoms with Crippen molar-refractivity contribution in [2.75, 3.05) is 25.6 Å². The van der Waals surface area contributed by atoms with Crippen molar-refractivity contribution in [1.82, 2.24) is 4.98 Å². The van der Waals surface area contributed by atoms with Crippen molar-refractivity contribution < 1.29 is 14.2 Å². The Hall–Kier alpha value is -2.63. The van der Waals surface area contributed by atoms with Crippen molar-refractivity contribution in [3.63, 3.8) is 0 Å². The Labute approximate surface area is 178 Å². The Balaban J connectivity index is 1.41. The summed E-state index contributed by atoms with van der Waals surface area (Å²) in [5.74, 6) is 0.835. The van der Waals surface area contributed by atoms with Gasteiger partial charge in [-0.05, 0) is 62.1 Å². The van der Waals surface area contributed by atoms with Crippen molar-refractivity contribution in [1.29, 1.82) is 0 Å². The average molecular weight is 407 g/mol. The van der Waals surface area contributed by atoms with E-state index in [0.717, 1.165) is 59.5 Å². The van der Waals surface area contributed by atoms with Gasteiger partial charge in [-0.15, -0.1) is 0 Å². The number of aromatic nitrogens is 1. The predicted molar refractivity (Wildman–Crippen MR) is 121 cm³/mol. The molecule has 2 atom stereocenters. The van der Waals surface area contributed by atoms with Crippen LogP contribution in [0, 0.1) is 0 Å². The Kier molecular flexibility index (Phi) is 6.82. The third-order valence-electron chi connectivity index (χ3n) is 5.50. The van der Waals surface area contributed by atoms with Crippen LogP contribution >= 0.6 is 0 Å². The first-order chi connectivity index (χ1) is 14.7. The molecule has 158 valence electrons. The largest absolute Gasteiger partial charge is 0.491 e. The van der Waals surface area contributed by atoms with E-state index in [1.54, 1.807) is 0 Å². The summed E-state index contributed by atoms with van der Waals surface area (Å²) in [6, 6.07) is 18.5. The molecule has 0 radical (unpaired) electrons. The van der Waals surface area contributed by atoms with E-state index in [4.69, 9.17) is 19.2 Å². The molecule has 1 unspecified atom stereocenters. The highest BCUT2D eigenvalue weighted by Gasteiger charge is 2.19. The summed E-state index contributed by atoms with van der Waals surface area (Å²) >= 11 is 0. The summed E-state index contributed by atoms with van der Waals surface area (Å²) in [7, 11) is 1.92. The average Bonchev–Trinajstić information content (AvgIpc) is 2.82. The quantitative estimate of drug-likeness (QED) is 0.524. The molecule has 1 aromatic heterocycles. The minimum Gasteiger partial charge on any atom is -0.491 e. The molecule has 5 nitrogen and oxygen atoms in total. The second-order valence-corrected chi connectivity index (χ2v) is 7.65. The highest BCUT2D eigenvalue weighted by Crippen LogP contribution is 2.25. The first-order valence-corrected chi connectivity index (χ1v) is 10.8. The molecule has 1 N–H and O–H groups in total. The molecule has 1 fully saturated rings.